The first-order valence-electron chi connectivity index (χ1n) is 5.65. The Morgan fingerprint density at radius 1 is 1.56 bits per heavy atom. The van der Waals surface area contributed by atoms with Crippen LogP contribution in [-0.2, 0) is 11.2 Å². The summed E-state index contributed by atoms with van der Waals surface area (Å²) >= 11 is 0. The van der Waals surface area contributed by atoms with Crippen molar-refractivity contribution in [3.8, 4) is 0 Å². The first kappa shape index (κ1) is 11.1. The van der Waals surface area contributed by atoms with E-state index in [4.69, 9.17) is 5.11 Å². The molecule has 16 heavy (non-hydrogen) atoms. The number of hydrogen-bond acceptors (Lipinski definition) is 1. The first-order valence-corrected chi connectivity index (χ1v) is 5.65. The number of hydrogen-bond donors (Lipinski definition) is 1. The fourth-order valence-electron chi connectivity index (χ4n) is 2.70. The molecule has 0 aliphatic heterocycles. The van der Waals surface area contributed by atoms with Crippen LogP contribution in [0.3, 0.4) is 0 Å². The Kier molecular flexibility index (Phi) is 2.95. The lowest BCUT2D eigenvalue weighted by Crippen LogP contribution is -2.27. The van der Waals surface area contributed by atoms with Crippen LogP contribution < -0.4 is 0 Å². The largest absolute Gasteiger partial charge is 0.481 e. The molecule has 0 bridgehead atoms. The molecule has 0 saturated heterocycles. The number of carbonyl (C=O) groups is 1. The Bertz CT molecular complexity index is 414. The Balaban J connectivity index is 2.45. The van der Waals surface area contributed by atoms with Gasteiger partial charge in [0.15, 0.2) is 0 Å². The Morgan fingerprint density at radius 2 is 2.31 bits per heavy atom. The van der Waals surface area contributed by atoms with Gasteiger partial charge >= 0.3 is 5.97 Å². The SMILES string of the molecule is CCC1c2cccc(F)c2CCC1C(=O)O. The highest BCUT2D eigenvalue weighted by atomic mass is 19.1. The molecule has 0 heterocycles. The van der Waals surface area contributed by atoms with Crippen LogP contribution in [0, 0.1) is 11.7 Å². The molecule has 2 unspecified atom stereocenters. The van der Waals surface area contributed by atoms with E-state index in [0.717, 1.165) is 12.0 Å². The normalized spacial score (nSPS) is 23.9. The Hall–Kier alpha value is -1.38. The number of fused-ring (bicyclic) bond motifs is 1. The summed E-state index contributed by atoms with van der Waals surface area (Å²) in [6.07, 6.45) is 1.82. The molecule has 1 N–H and O–H groups in total. The molecule has 1 aromatic rings. The number of carboxylic acid groups (broad SMARTS) is 1. The van der Waals surface area contributed by atoms with Crippen LogP contribution in [0.4, 0.5) is 4.39 Å². The molecule has 1 aliphatic carbocycles. The van der Waals surface area contributed by atoms with Crippen LogP contribution in [0.2, 0.25) is 0 Å². The maximum atomic E-state index is 13.6. The van der Waals surface area contributed by atoms with Crippen LogP contribution >= 0.6 is 0 Å². The minimum absolute atomic E-state index is 0.0445. The molecule has 0 fully saturated rings. The number of carboxylic acids is 1. The van der Waals surface area contributed by atoms with Crippen LogP contribution in [0.5, 0.6) is 0 Å². The Labute approximate surface area is 94.1 Å². The summed E-state index contributed by atoms with van der Waals surface area (Å²) in [5, 5.41) is 9.14. The number of benzene rings is 1. The number of halogens is 1. The van der Waals surface area contributed by atoms with E-state index in [1.807, 2.05) is 13.0 Å². The predicted octanol–water partition coefficient (Wildman–Crippen LogP) is 2.97. The molecule has 0 saturated carbocycles. The molecule has 0 aromatic heterocycles. The van der Waals surface area contributed by atoms with Gasteiger partial charge in [-0.25, -0.2) is 4.39 Å². The van der Waals surface area contributed by atoms with Gasteiger partial charge in [0, 0.05) is 0 Å². The summed E-state index contributed by atoms with van der Waals surface area (Å²) < 4.78 is 13.6. The maximum Gasteiger partial charge on any atom is 0.307 e. The van der Waals surface area contributed by atoms with Crippen LogP contribution in [0.1, 0.15) is 36.8 Å². The molecule has 0 amide bonds. The van der Waals surface area contributed by atoms with Crippen molar-refractivity contribution in [2.24, 2.45) is 5.92 Å². The fourth-order valence-corrected chi connectivity index (χ4v) is 2.70. The zero-order valence-electron chi connectivity index (χ0n) is 9.24. The van der Waals surface area contributed by atoms with Gasteiger partial charge in [0.1, 0.15) is 5.82 Å². The highest BCUT2D eigenvalue weighted by Crippen LogP contribution is 2.39. The average molecular weight is 222 g/mol. The molecule has 2 nitrogen and oxygen atoms in total. The molecule has 0 radical (unpaired) electrons. The zero-order chi connectivity index (χ0) is 11.7. The third-order valence-electron chi connectivity index (χ3n) is 3.50. The van der Waals surface area contributed by atoms with Gasteiger partial charge in [0.2, 0.25) is 0 Å². The summed E-state index contributed by atoms with van der Waals surface area (Å²) in [5.74, 6) is -1.36. The summed E-state index contributed by atoms with van der Waals surface area (Å²) in [4.78, 5) is 11.1. The number of aliphatic carboxylic acids is 1. The van der Waals surface area contributed by atoms with Crippen LogP contribution in [-0.4, -0.2) is 11.1 Å². The van der Waals surface area contributed by atoms with Gasteiger partial charge < -0.3 is 5.11 Å². The van der Waals surface area contributed by atoms with Gasteiger partial charge in [-0.1, -0.05) is 19.1 Å². The summed E-state index contributed by atoms with van der Waals surface area (Å²) in [5.41, 5.74) is 1.60. The van der Waals surface area contributed by atoms with Gasteiger partial charge in [0.25, 0.3) is 0 Å². The van der Waals surface area contributed by atoms with Crippen molar-refractivity contribution in [3.05, 3.63) is 35.1 Å². The van der Waals surface area contributed by atoms with E-state index in [1.165, 1.54) is 6.07 Å². The van der Waals surface area contributed by atoms with E-state index in [2.05, 4.69) is 0 Å². The minimum Gasteiger partial charge on any atom is -0.481 e. The predicted molar refractivity (Wildman–Crippen MR) is 58.9 cm³/mol. The second-order valence-corrected chi connectivity index (χ2v) is 4.31. The number of rotatable bonds is 2. The second kappa shape index (κ2) is 4.24. The average Bonchev–Trinajstić information content (AvgIpc) is 2.27. The third-order valence-corrected chi connectivity index (χ3v) is 3.50. The lowest BCUT2D eigenvalue weighted by atomic mass is 9.74. The molecule has 3 heteroatoms. The molecule has 1 aromatic carbocycles. The molecule has 86 valence electrons. The van der Waals surface area contributed by atoms with E-state index in [9.17, 15) is 9.18 Å². The van der Waals surface area contributed by atoms with E-state index < -0.39 is 5.97 Å². The molecule has 0 spiro atoms. The van der Waals surface area contributed by atoms with E-state index in [-0.39, 0.29) is 17.7 Å². The third kappa shape index (κ3) is 1.70. The van der Waals surface area contributed by atoms with Gasteiger partial charge in [0.05, 0.1) is 5.92 Å². The summed E-state index contributed by atoms with van der Waals surface area (Å²) in [7, 11) is 0. The zero-order valence-corrected chi connectivity index (χ0v) is 9.24. The second-order valence-electron chi connectivity index (χ2n) is 4.31. The van der Waals surface area contributed by atoms with Crippen molar-refractivity contribution < 1.29 is 14.3 Å². The highest BCUT2D eigenvalue weighted by Gasteiger charge is 2.34. The van der Waals surface area contributed by atoms with Crippen LogP contribution in [0.15, 0.2) is 18.2 Å². The molecule has 2 atom stereocenters. The van der Waals surface area contributed by atoms with Crippen molar-refractivity contribution in [2.45, 2.75) is 32.1 Å². The van der Waals surface area contributed by atoms with Gasteiger partial charge in [-0.15, -0.1) is 0 Å². The monoisotopic (exact) mass is 222 g/mol. The van der Waals surface area contributed by atoms with E-state index >= 15 is 0 Å². The van der Waals surface area contributed by atoms with Crippen molar-refractivity contribution in [1.29, 1.82) is 0 Å². The molecule has 2 rings (SSSR count). The molecular weight excluding hydrogens is 207 g/mol. The summed E-state index contributed by atoms with van der Waals surface area (Å²) in [6, 6.07) is 4.98. The van der Waals surface area contributed by atoms with E-state index in [0.29, 0.717) is 18.4 Å². The van der Waals surface area contributed by atoms with E-state index in [1.54, 1.807) is 6.07 Å². The fraction of sp³-hybridized carbons (Fsp3) is 0.462. The van der Waals surface area contributed by atoms with Gasteiger partial charge in [-0.3, -0.25) is 4.79 Å². The summed E-state index contributed by atoms with van der Waals surface area (Å²) in [6.45, 7) is 1.96. The quantitative estimate of drug-likeness (QED) is 0.835. The van der Waals surface area contributed by atoms with Gasteiger partial charge in [-0.2, -0.15) is 0 Å². The minimum atomic E-state index is -0.762. The van der Waals surface area contributed by atoms with Crippen molar-refractivity contribution in [1.82, 2.24) is 0 Å². The maximum absolute atomic E-state index is 13.6. The highest BCUT2D eigenvalue weighted by molar-refractivity contribution is 5.72. The standard InChI is InChI=1S/C13H15FO2/c1-2-8-9-4-3-5-12(14)10(9)6-7-11(8)13(15)16/h3-5,8,11H,2,6-7H2,1H3,(H,15,16). The molecular formula is C13H15FO2. The Morgan fingerprint density at radius 3 is 2.94 bits per heavy atom. The first-order chi connectivity index (χ1) is 7.65. The lowest BCUT2D eigenvalue weighted by molar-refractivity contribution is -0.143. The van der Waals surface area contributed by atoms with Crippen molar-refractivity contribution in [3.63, 3.8) is 0 Å². The van der Waals surface area contributed by atoms with Gasteiger partial charge in [-0.05, 0) is 42.4 Å². The van der Waals surface area contributed by atoms with Crippen LogP contribution in [0.25, 0.3) is 0 Å². The molecule has 1 aliphatic rings. The lowest BCUT2D eigenvalue weighted by Gasteiger charge is -2.30. The van der Waals surface area contributed by atoms with Crippen molar-refractivity contribution in [2.75, 3.05) is 0 Å². The topological polar surface area (TPSA) is 37.3 Å². The van der Waals surface area contributed by atoms with Crippen molar-refractivity contribution >= 4 is 5.97 Å². The smallest absolute Gasteiger partial charge is 0.307 e.